The third-order valence-electron chi connectivity index (χ3n) is 2.86. The van der Waals surface area contributed by atoms with Crippen LogP contribution < -0.4 is 5.32 Å². The van der Waals surface area contributed by atoms with Crippen molar-refractivity contribution in [1.29, 1.82) is 0 Å². The van der Waals surface area contributed by atoms with Crippen LogP contribution >= 0.6 is 0 Å². The van der Waals surface area contributed by atoms with Crippen LogP contribution in [0.15, 0.2) is 24.3 Å². The Bertz CT molecular complexity index is 522. The van der Waals surface area contributed by atoms with Gasteiger partial charge in [0.1, 0.15) is 0 Å². The zero-order valence-corrected chi connectivity index (χ0v) is 11.0. The minimum absolute atomic E-state index is 0.0523. The van der Waals surface area contributed by atoms with Crippen LogP contribution in [0.4, 0.5) is 10.5 Å². The Labute approximate surface area is 112 Å². The van der Waals surface area contributed by atoms with Gasteiger partial charge in [0.15, 0.2) is 0 Å². The number of amides is 2. The van der Waals surface area contributed by atoms with Gasteiger partial charge in [-0.25, -0.2) is 9.59 Å². The van der Waals surface area contributed by atoms with Crippen LogP contribution in [-0.4, -0.2) is 50.8 Å². The number of carbonyl (C=O) groups excluding carboxylic acids is 1. The first-order chi connectivity index (χ1) is 9.08. The minimum atomic E-state index is -1.09. The molecule has 102 valence electrons. The SMILES string of the molecule is O=C(O)c1ccccc1NC(=O)N1CCS(=O)CC1. The van der Waals surface area contributed by atoms with E-state index >= 15 is 0 Å². The van der Waals surface area contributed by atoms with Crippen molar-refractivity contribution < 1.29 is 18.9 Å². The number of carboxylic acids is 1. The normalized spacial score (nSPS) is 16.1. The standard InChI is InChI=1S/C12H14N2O4S/c15-11(16)9-3-1-2-4-10(9)13-12(17)14-5-7-19(18)8-6-14/h1-4H,5-8H2,(H,13,17)(H,15,16). The molecule has 0 radical (unpaired) electrons. The zero-order valence-electron chi connectivity index (χ0n) is 10.2. The predicted molar refractivity (Wildman–Crippen MR) is 71.9 cm³/mol. The molecule has 19 heavy (non-hydrogen) atoms. The van der Waals surface area contributed by atoms with Crippen molar-refractivity contribution in [2.45, 2.75) is 0 Å². The van der Waals surface area contributed by atoms with E-state index in [1.54, 1.807) is 23.1 Å². The maximum Gasteiger partial charge on any atom is 0.337 e. The van der Waals surface area contributed by atoms with Crippen LogP contribution in [0.1, 0.15) is 10.4 Å². The van der Waals surface area contributed by atoms with Gasteiger partial charge in [-0.15, -0.1) is 0 Å². The summed E-state index contributed by atoms with van der Waals surface area (Å²) < 4.78 is 11.2. The summed E-state index contributed by atoms with van der Waals surface area (Å²) in [5, 5.41) is 11.6. The van der Waals surface area contributed by atoms with Gasteiger partial charge in [-0.3, -0.25) is 4.21 Å². The molecular formula is C12H14N2O4S. The van der Waals surface area contributed by atoms with Crippen molar-refractivity contribution in [3.05, 3.63) is 29.8 Å². The van der Waals surface area contributed by atoms with Crippen LogP contribution in [0.2, 0.25) is 0 Å². The molecule has 1 aliphatic heterocycles. The van der Waals surface area contributed by atoms with Gasteiger partial charge in [0.25, 0.3) is 0 Å². The van der Waals surface area contributed by atoms with E-state index in [1.165, 1.54) is 6.07 Å². The van der Waals surface area contributed by atoms with Crippen LogP contribution in [0.25, 0.3) is 0 Å². The molecule has 7 heteroatoms. The van der Waals surface area contributed by atoms with Crippen molar-refractivity contribution >= 4 is 28.5 Å². The summed E-state index contributed by atoms with van der Waals surface area (Å²) >= 11 is 0. The van der Waals surface area contributed by atoms with Crippen molar-refractivity contribution in [1.82, 2.24) is 4.90 Å². The number of para-hydroxylation sites is 1. The summed E-state index contributed by atoms with van der Waals surface area (Å²) in [6, 6.07) is 5.88. The van der Waals surface area contributed by atoms with E-state index in [1.807, 2.05) is 0 Å². The van der Waals surface area contributed by atoms with Gasteiger partial charge >= 0.3 is 12.0 Å². The van der Waals surface area contributed by atoms with Crippen molar-refractivity contribution in [3.63, 3.8) is 0 Å². The van der Waals surface area contributed by atoms with Crippen LogP contribution in [0.3, 0.4) is 0 Å². The molecule has 1 aromatic rings. The number of anilines is 1. The van der Waals surface area contributed by atoms with Crippen molar-refractivity contribution in [2.75, 3.05) is 29.9 Å². The highest BCUT2D eigenvalue weighted by Crippen LogP contribution is 2.16. The molecule has 2 amide bonds. The maximum atomic E-state index is 12.0. The number of nitrogens with zero attached hydrogens (tertiary/aromatic N) is 1. The van der Waals surface area contributed by atoms with Gasteiger partial charge in [0.05, 0.1) is 11.3 Å². The third kappa shape index (κ3) is 3.31. The molecule has 2 rings (SSSR count). The number of nitrogens with one attached hydrogen (secondary N) is 1. The molecule has 1 fully saturated rings. The molecule has 0 aliphatic carbocycles. The topological polar surface area (TPSA) is 86.7 Å². The van der Waals surface area contributed by atoms with E-state index in [9.17, 15) is 13.8 Å². The summed E-state index contributed by atoms with van der Waals surface area (Å²) in [6.45, 7) is 0.849. The summed E-state index contributed by atoms with van der Waals surface area (Å²) in [5.74, 6) is -0.155. The fourth-order valence-corrected chi connectivity index (χ4v) is 2.87. The number of hydrogen-bond acceptors (Lipinski definition) is 3. The lowest BCUT2D eigenvalue weighted by Gasteiger charge is -2.26. The Hall–Kier alpha value is -1.89. The molecule has 0 unspecified atom stereocenters. The first-order valence-electron chi connectivity index (χ1n) is 5.81. The van der Waals surface area contributed by atoms with E-state index in [0.717, 1.165) is 0 Å². The van der Waals surface area contributed by atoms with Crippen LogP contribution in [0.5, 0.6) is 0 Å². The molecule has 0 saturated carbocycles. The number of hydrogen-bond donors (Lipinski definition) is 2. The third-order valence-corrected chi connectivity index (χ3v) is 4.14. The predicted octanol–water partition coefficient (Wildman–Crippen LogP) is 0.981. The second-order valence-electron chi connectivity index (χ2n) is 4.12. The highest BCUT2D eigenvalue weighted by atomic mass is 32.2. The molecule has 1 heterocycles. The number of carboxylic acid groups (broad SMARTS) is 1. The Morgan fingerprint density at radius 3 is 2.47 bits per heavy atom. The first-order valence-corrected chi connectivity index (χ1v) is 7.30. The Kier molecular flexibility index (Phi) is 4.16. The van der Waals surface area contributed by atoms with Crippen molar-refractivity contribution in [2.24, 2.45) is 0 Å². The lowest BCUT2D eigenvalue weighted by Crippen LogP contribution is -2.44. The molecule has 0 spiro atoms. The van der Waals surface area contributed by atoms with Gasteiger partial charge in [-0.2, -0.15) is 0 Å². The van der Waals surface area contributed by atoms with E-state index in [0.29, 0.717) is 24.6 Å². The molecular weight excluding hydrogens is 268 g/mol. The number of benzene rings is 1. The van der Waals surface area contributed by atoms with E-state index < -0.39 is 16.8 Å². The maximum absolute atomic E-state index is 12.0. The molecule has 0 atom stereocenters. The Balaban J connectivity index is 2.07. The zero-order chi connectivity index (χ0) is 13.8. The number of rotatable bonds is 2. The quantitative estimate of drug-likeness (QED) is 0.846. The van der Waals surface area contributed by atoms with Gasteiger partial charge in [0, 0.05) is 35.4 Å². The molecule has 1 aliphatic rings. The highest BCUT2D eigenvalue weighted by molar-refractivity contribution is 7.85. The van der Waals surface area contributed by atoms with E-state index in [2.05, 4.69) is 5.32 Å². The fraction of sp³-hybridized carbons (Fsp3) is 0.333. The summed E-state index contributed by atoms with van der Waals surface area (Å²) in [6.07, 6.45) is 0. The Morgan fingerprint density at radius 2 is 1.84 bits per heavy atom. The number of aromatic carboxylic acids is 1. The highest BCUT2D eigenvalue weighted by Gasteiger charge is 2.21. The van der Waals surface area contributed by atoms with Gasteiger partial charge in [-0.1, -0.05) is 12.1 Å². The lowest BCUT2D eigenvalue weighted by atomic mass is 10.2. The summed E-state index contributed by atoms with van der Waals surface area (Å²) in [7, 11) is -0.851. The number of carbonyl (C=O) groups is 2. The average molecular weight is 282 g/mol. The largest absolute Gasteiger partial charge is 0.478 e. The molecule has 1 aromatic carbocycles. The van der Waals surface area contributed by atoms with Crippen LogP contribution in [-0.2, 0) is 10.8 Å². The lowest BCUT2D eigenvalue weighted by molar-refractivity contribution is 0.0698. The molecule has 2 N–H and O–H groups in total. The van der Waals surface area contributed by atoms with Gasteiger partial charge in [0.2, 0.25) is 0 Å². The second kappa shape index (κ2) is 5.83. The summed E-state index contributed by atoms with van der Waals surface area (Å²) in [4.78, 5) is 24.5. The summed E-state index contributed by atoms with van der Waals surface area (Å²) in [5.41, 5.74) is 0.322. The molecule has 0 aromatic heterocycles. The average Bonchev–Trinajstić information content (AvgIpc) is 2.39. The first kappa shape index (κ1) is 13.5. The minimum Gasteiger partial charge on any atom is -0.478 e. The van der Waals surface area contributed by atoms with Gasteiger partial charge in [-0.05, 0) is 12.1 Å². The van der Waals surface area contributed by atoms with Gasteiger partial charge < -0.3 is 15.3 Å². The van der Waals surface area contributed by atoms with E-state index in [-0.39, 0.29) is 17.3 Å². The van der Waals surface area contributed by atoms with E-state index in [4.69, 9.17) is 5.11 Å². The smallest absolute Gasteiger partial charge is 0.337 e. The monoisotopic (exact) mass is 282 g/mol. The van der Waals surface area contributed by atoms with Crippen molar-refractivity contribution in [3.8, 4) is 0 Å². The Morgan fingerprint density at radius 1 is 1.21 bits per heavy atom. The molecule has 0 bridgehead atoms. The second-order valence-corrected chi connectivity index (χ2v) is 5.81. The molecule has 6 nitrogen and oxygen atoms in total. The van der Waals surface area contributed by atoms with Crippen LogP contribution in [0, 0.1) is 0 Å². The fourth-order valence-electron chi connectivity index (χ4n) is 1.81. The number of urea groups is 1. The molecule has 1 saturated heterocycles.